The molecule has 5 rings (SSSR count). The molecule has 1 amide bonds. The van der Waals surface area contributed by atoms with Crippen LogP contribution in [0.25, 0.3) is 10.9 Å². The number of benzene rings is 2. The molecule has 1 aliphatic rings. The summed E-state index contributed by atoms with van der Waals surface area (Å²) in [6.07, 6.45) is -1.80. The van der Waals surface area contributed by atoms with Gasteiger partial charge in [0.25, 0.3) is 5.91 Å². The van der Waals surface area contributed by atoms with Crippen LogP contribution >= 0.6 is 0 Å². The molecule has 1 fully saturated rings. The third-order valence-electron chi connectivity index (χ3n) is 7.74. The van der Waals surface area contributed by atoms with Crippen molar-refractivity contribution in [3.63, 3.8) is 0 Å². The predicted octanol–water partition coefficient (Wildman–Crippen LogP) is 4.97. The summed E-state index contributed by atoms with van der Waals surface area (Å²) in [5.74, 6) is 0.921. The zero-order valence-corrected chi connectivity index (χ0v) is 26.2. The number of carbonyl (C=O) groups is 1. The Balaban J connectivity index is 1.20. The molecular formula is C31H34F3N5O5S. The van der Waals surface area contributed by atoms with Gasteiger partial charge in [0.1, 0.15) is 17.2 Å². The highest BCUT2D eigenvalue weighted by Crippen LogP contribution is 2.30. The number of anilines is 1. The van der Waals surface area contributed by atoms with Crippen molar-refractivity contribution in [1.29, 1.82) is 0 Å². The Labute approximate surface area is 259 Å². The van der Waals surface area contributed by atoms with Crippen LogP contribution < -0.4 is 13.8 Å². The summed E-state index contributed by atoms with van der Waals surface area (Å²) < 4.78 is 74.7. The topological polar surface area (TPSA) is 97.2 Å². The molecule has 0 unspecified atom stereocenters. The van der Waals surface area contributed by atoms with Gasteiger partial charge in [-0.2, -0.15) is 13.2 Å². The maximum absolute atomic E-state index is 13.5. The Morgan fingerprint density at radius 1 is 1.00 bits per heavy atom. The molecule has 0 spiro atoms. The number of carbonyl (C=O) groups excluding carboxylic acids is 1. The van der Waals surface area contributed by atoms with Gasteiger partial charge in [0.2, 0.25) is 15.9 Å². The van der Waals surface area contributed by atoms with Crippen molar-refractivity contribution >= 4 is 32.5 Å². The van der Waals surface area contributed by atoms with Gasteiger partial charge in [0, 0.05) is 64.3 Å². The van der Waals surface area contributed by atoms with Gasteiger partial charge in [-0.15, -0.1) is 0 Å². The van der Waals surface area contributed by atoms with Crippen molar-refractivity contribution in [3.05, 3.63) is 77.6 Å². The minimum Gasteiger partial charge on any atom is -0.484 e. The summed E-state index contributed by atoms with van der Waals surface area (Å²) in [5.41, 5.74) is 3.45. The first-order valence-electron chi connectivity index (χ1n) is 14.2. The van der Waals surface area contributed by atoms with Crippen molar-refractivity contribution in [2.45, 2.75) is 19.6 Å². The maximum Gasteiger partial charge on any atom is 0.422 e. The number of pyridine rings is 1. The van der Waals surface area contributed by atoms with E-state index in [0.717, 1.165) is 27.0 Å². The van der Waals surface area contributed by atoms with Crippen molar-refractivity contribution in [1.82, 2.24) is 19.4 Å². The standard InChI is InChI=1S/C31H34F3N5O5S/c1-21-15-29(35-18-28(21)37(3)45(4,41)42)44-25-10-7-23-16-27(36(2)26(23)17-25)30(40)39-13-11-38(12-14-39)19-22-5-8-24(9-6-22)43-20-31(32,33)34/h5-10,15-18H,11-14,19-20H2,1-4H3. The van der Waals surface area contributed by atoms with Crippen LogP contribution in [0.3, 0.4) is 0 Å². The van der Waals surface area contributed by atoms with E-state index in [0.29, 0.717) is 61.3 Å². The molecule has 3 heterocycles. The van der Waals surface area contributed by atoms with Gasteiger partial charge in [-0.05, 0) is 48.4 Å². The number of hydrogen-bond donors (Lipinski definition) is 0. The number of ether oxygens (including phenoxy) is 2. The van der Waals surface area contributed by atoms with Gasteiger partial charge in [0.15, 0.2) is 6.61 Å². The van der Waals surface area contributed by atoms with E-state index >= 15 is 0 Å². The molecule has 0 N–H and O–H groups in total. The number of alkyl halides is 3. The second-order valence-corrected chi connectivity index (χ2v) is 13.1. The highest BCUT2D eigenvalue weighted by Gasteiger charge is 2.28. The summed E-state index contributed by atoms with van der Waals surface area (Å²) in [6, 6.07) is 15.6. The molecule has 2 aromatic heterocycles. The van der Waals surface area contributed by atoms with Gasteiger partial charge in [-0.25, -0.2) is 13.4 Å². The van der Waals surface area contributed by atoms with Gasteiger partial charge < -0.3 is 18.9 Å². The molecule has 14 heteroatoms. The van der Waals surface area contributed by atoms with Crippen LogP contribution in [-0.2, 0) is 23.6 Å². The van der Waals surface area contributed by atoms with E-state index in [2.05, 4.69) is 9.88 Å². The van der Waals surface area contributed by atoms with E-state index in [1.54, 1.807) is 31.2 Å². The molecule has 1 saturated heterocycles. The highest BCUT2D eigenvalue weighted by molar-refractivity contribution is 7.92. The second-order valence-electron chi connectivity index (χ2n) is 11.1. The Kier molecular flexibility index (Phi) is 8.99. The lowest BCUT2D eigenvalue weighted by Gasteiger charge is -2.34. The van der Waals surface area contributed by atoms with Gasteiger partial charge in [-0.3, -0.25) is 14.0 Å². The number of aromatic nitrogens is 2. The normalized spacial score (nSPS) is 14.5. The monoisotopic (exact) mass is 645 g/mol. The zero-order chi connectivity index (χ0) is 32.5. The van der Waals surface area contributed by atoms with Gasteiger partial charge >= 0.3 is 6.18 Å². The number of fused-ring (bicyclic) bond motifs is 1. The van der Waals surface area contributed by atoms with Crippen LogP contribution in [0, 0.1) is 6.92 Å². The zero-order valence-electron chi connectivity index (χ0n) is 25.3. The fourth-order valence-electron chi connectivity index (χ4n) is 5.17. The fourth-order valence-corrected chi connectivity index (χ4v) is 5.72. The van der Waals surface area contributed by atoms with Crippen LogP contribution in [-0.4, -0.2) is 85.9 Å². The summed E-state index contributed by atoms with van der Waals surface area (Å²) in [7, 11) is -0.133. The largest absolute Gasteiger partial charge is 0.484 e. The molecule has 240 valence electrons. The molecule has 2 aromatic carbocycles. The Bertz CT molecular complexity index is 1800. The number of hydrogen-bond acceptors (Lipinski definition) is 7. The average Bonchev–Trinajstić information content (AvgIpc) is 3.31. The van der Waals surface area contributed by atoms with E-state index in [1.807, 2.05) is 34.7 Å². The average molecular weight is 646 g/mol. The van der Waals surface area contributed by atoms with E-state index < -0.39 is 22.8 Å². The smallest absolute Gasteiger partial charge is 0.422 e. The van der Waals surface area contributed by atoms with E-state index in [9.17, 15) is 26.4 Å². The number of sulfonamides is 1. The second kappa shape index (κ2) is 12.6. The predicted molar refractivity (Wildman–Crippen MR) is 164 cm³/mol. The number of amides is 1. The number of aryl methyl sites for hydroxylation is 2. The van der Waals surface area contributed by atoms with Crippen molar-refractivity contribution in [2.24, 2.45) is 7.05 Å². The number of halogens is 3. The van der Waals surface area contributed by atoms with Crippen LogP contribution in [0.5, 0.6) is 17.4 Å². The molecule has 0 atom stereocenters. The van der Waals surface area contributed by atoms with Crippen molar-refractivity contribution in [2.75, 3.05) is 50.4 Å². The third kappa shape index (κ3) is 7.68. The van der Waals surface area contributed by atoms with Crippen molar-refractivity contribution < 1.29 is 35.9 Å². The van der Waals surface area contributed by atoms with Gasteiger partial charge in [0.05, 0.1) is 23.7 Å². The first-order chi connectivity index (χ1) is 21.2. The van der Waals surface area contributed by atoms with Crippen LogP contribution in [0.4, 0.5) is 18.9 Å². The summed E-state index contributed by atoms with van der Waals surface area (Å²) >= 11 is 0. The molecule has 10 nitrogen and oxygen atoms in total. The van der Waals surface area contributed by atoms with Crippen LogP contribution in [0.1, 0.15) is 21.6 Å². The Hall–Kier alpha value is -4.30. The molecule has 0 aliphatic carbocycles. The van der Waals surface area contributed by atoms with Crippen LogP contribution in [0.15, 0.2) is 60.8 Å². The lowest BCUT2D eigenvalue weighted by molar-refractivity contribution is -0.153. The first kappa shape index (κ1) is 32.1. The van der Waals surface area contributed by atoms with Crippen LogP contribution in [0.2, 0.25) is 0 Å². The summed E-state index contributed by atoms with van der Waals surface area (Å²) in [4.78, 5) is 21.8. The highest BCUT2D eigenvalue weighted by atomic mass is 32.2. The number of nitrogens with zero attached hydrogens (tertiary/aromatic N) is 5. The summed E-state index contributed by atoms with van der Waals surface area (Å²) in [6.45, 7) is 3.46. The van der Waals surface area contributed by atoms with E-state index in [4.69, 9.17) is 9.47 Å². The molecule has 0 radical (unpaired) electrons. The lowest BCUT2D eigenvalue weighted by Crippen LogP contribution is -2.48. The molecule has 0 saturated carbocycles. The molecule has 45 heavy (non-hydrogen) atoms. The lowest BCUT2D eigenvalue weighted by atomic mass is 10.2. The molecule has 4 aromatic rings. The van der Waals surface area contributed by atoms with E-state index in [1.165, 1.54) is 25.4 Å². The minimum atomic E-state index is -4.38. The van der Waals surface area contributed by atoms with Crippen molar-refractivity contribution in [3.8, 4) is 17.4 Å². The summed E-state index contributed by atoms with van der Waals surface area (Å²) in [5, 5.41) is 0.878. The number of piperazine rings is 1. The quantitative estimate of drug-likeness (QED) is 0.254. The third-order valence-corrected chi connectivity index (χ3v) is 8.94. The Morgan fingerprint density at radius 2 is 1.67 bits per heavy atom. The Morgan fingerprint density at radius 3 is 2.29 bits per heavy atom. The minimum absolute atomic E-state index is 0.0788. The number of rotatable bonds is 9. The first-order valence-corrected chi connectivity index (χ1v) is 16.0. The maximum atomic E-state index is 13.5. The molecule has 0 bridgehead atoms. The molecule has 1 aliphatic heterocycles. The van der Waals surface area contributed by atoms with E-state index in [-0.39, 0.29) is 11.7 Å². The fraction of sp³-hybridized carbons (Fsp3) is 0.355. The van der Waals surface area contributed by atoms with Gasteiger partial charge in [-0.1, -0.05) is 12.1 Å². The SMILES string of the molecule is Cc1cc(Oc2ccc3cc(C(=O)N4CCN(Cc5ccc(OCC(F)(F)F)cc5)CC4)n(C)c3c2)ncc1N(C)S(C)(=O)=O. The molecular weight excluding hydrogens is 611 g/mol.